The highest BCUT2D eigenvalue weighted by Gasteiger charge is 2.41. The minimum atomic E-state index is -2.98. The van der Waals surface area contributed by atoms with Gasteiger partial charge in [0, 0.05) is 34.8 Å². The average molecular weight is 494 g/mol. The Morgan fingerprint density at radius 2 is 1.78 bits per heavy atom. The van der Waals surface area contributed by atoms with E-state index < -0.39 is 23.7 Å². The first-order valence-corrected chi connectivity index (χ1v) is 11.5. The van der Waals surface area contributed by atoms with E-state index in [2.05, 4.69) is 28.1 Å². The largest absolute Gasteiger partial charge is 0.435 e. The van der Waals surface area contributed by atoms with Crippen molar-refractivity contribution in [1.29, 1.82) is 0 Å². The first-order chi connectivity index (χ1) is 16.9. The lowest BCUT2D eigenvalue weighted by molar-refractivity contribution is -0.0506. The maximum absolute atomic E-state index is 13.1. The van der Waals surface area contributed by atoms with Crippen LogP contribution in [0.3, 0.4) is 0 Å². The van der Waals surface area contributed by atoms with E-state index in [1.807, 2.05) is 12.1 Å². The van der Waals surface area contributed by atoms with E-state index in [1.54, 1.807) is 57.4 Å². The Hall–Kier alpha value is -3.62. The molecule has 1 aliphatic carbocycles. The van der Waals surface area contributed by atoms with Crippen molar-refractivity contribution in [3.63, 3.8) is 0 Å². The Morgan fingerprint density at radius 1 is 1.11 bits per heavy atom. The maximum atomic E-state index is 13.1. The van der Waals surface area contributed by atoms with E-state index in [-0.39, 0.29) is 18.0 Å². The van der Waals surface area contributed by atoms with Gasteiger partial charge < -0.3 is 19.9 Å². The van der Waals surface area contributed by atoms with Crippen molar-refractivity contribution >= 4 is 13.2 Å². The molecule has 2 atom stereocenters. The quantitative estimate of drug-likeness (QED) is 0.500. The van der Waals surface area contributed by atoms with Crippen LogP contribution in [0.25, 0.3) is 24.3 Å². The van der Waals surface area contributed by atoms with Gasteiger partial charge in [0.15, 0.2) is 5.82 Å². The van der Waals surface area contributed by atoms with Gasteiger partial charge in [0.05, 0.1) is 5.69 Å². The lowest BCUT2D eigenvalue weighted by atomic mass is 9.90. The van der Waals surface area contributed by atoms with Crippen LogP contribution in [0.4, 0.5) is 8.78 Å². The number of para-hydroxylation sites is 1. The number of ether oxygens (including phenoxy) is 1. The van der Waals surface area contributed by atoms with Gasteiger partial charge in [0.1, 0.15) is 17.0 Å². The molecule has 0 amide bonds. The molecule has 0 aliphatic heterocycles. The van der Waals surface area contributed by atoms with E-state index in [0.717, 1.165) is 5.56 Å². The lowest BCUT2D eigenvalue weighted by Crippen LogP contribution is -2.21. The summed E-state index contributed by atoms with van der Waals surface area (Å²) in [6.45, 7) is 10.2. The minimum Gasteiger partial charge on any atom is -0.435 e. The highest BCUT2D eigenvalue weighted by Crippen LogP contribution is 2.47. The summed E-state index contributed by atoms with van der Waals surface area (Å²) >= 11 is 0. The molecule has 0 radical (unpaired) electrons. The molecule has 0 bridgehead atoms. The summed E-state index contributed by atoms with van der Waals surface area (Å²) in [7, 11) is 0. The molecule has 2 aromatic heterocycles. The molecule has 0 fully saturated rings. The van der Waals surface area contributed by atoms with Gasteiger partial charge in [-0.25, -0.2) is 9.97 Å². The molecule has 36 heavy (non-hydrogen) atoms. The van der Waals surface area contributed by atoms with Gasteiger partial charge in [-0.2, -0.15) is 8.78 Å². The first kappa shape index (κ1) is 25.5. The van der Waals surface area contributed by atoms with Crippen molar-refractivity contribution in [3.8, 4) is 16.9 Å². The molecule has 2 unspecified atom stereocenters. The molecule has 0 saturated heterocycles. The van der Waals surface area contributed by atoms with Crippen molar-refractivity contribution in [2.24, 2.45) is 0 Å². The third-order valence-electron chi connectivity index (χ3n) is 6.23. The standard InChI is InChI=1S/C28H29F2N3O3/c1-16-12-18(19-14-31-25(32-15-19)27(3,4)34)11-10-17(2)33-24-23(16)21(13-28(24,5)35)20-8-6-7-9-22(20)36-26(29)30/h6-12,14-15,21,26,33-35H,1-2,13H2,3-5H3. The number of aromatic amines is 1. The molecule has 3 N–H and O–H groups in total. The monoisotopic (exact) mass is 493 g/mol. The molecule has 3 aromatic rings. The van der Waals surface area contributed by atoms with Crippen LogP contribution >= 0.6 is 0 Å². The molecule has 2 heterocycles. The van der Waals surface area contributed by atoms with E-state index in [4.69, 9.17) is 4.74 Å². The summed E-state index contributed by atoms with van der Waals surface area (Å²) in [5.41, 5.74) is 0.622. The van der Waals surface area contributed by atoms with Crippen LogP contribution in [-0.4, -0.2) is 31.8 Å². The van der Waals surface area contributed by atoms with Crippen LogP contribution in [0, 0.1) is 0 Å². The van der Waals surface area contributed by atoms with Gasteiger partial charge in [-0.15, -0.1) is 0 Å². The first-order valence-electron chi connectivity index (χ1n) is 11.5. The van der Waals surface area contributed by atoms with E-state index in [9.17, 15) is 19.0 Å². The van der Waals surface area contributed by atoms with Crippen molar-refractivity contribution in [2.75, 3.05) is 0 Å². The highest BCUT2D eigenvalue weighted by molar-refractivity contribution is 5.61. The lowest BCUT2D eigenvalue weighted by Gasteiger charge is -2.19. The Kier molecular flexibility index (Phi) is 6.68. The van der Waals surface area contributed by atoms with Crippen LogP contribution in [0.2, 0.25) is 0 Å². The van der Waals surface area contributed by atoms with E-state index >= 15 is 0 Å². The fourth-order valence-corrected chi connectivity index (χ4v) is 4.57. The predicted molar refractivity (Wildman–Crippen MR) is 134 cm³/mol. The second kappa shape index (κ2) is 9.44. The molecular formula is C28H29F2N3O3. The Morgan fingerprint density at radius 3 is 2.42 bits per heavy atom. The maximum Gasteiger partial charge on any atom is 0.387 e. The van der Waals surface area contributed by atoms with Crippen molar-refractivity contribution in [2.45, 2.75) is 50.9 Å². The number of nitrogens with one attached hydrogen (secondary N) is 1. The topological polar surface area (TPSA) is 91.3 Å². The molecule has 0 saturated carbocycles. The number of halogens is 2. The number of hydrogen-bond donors (Lipinski definition) is 3. The number of alkyl halides is 2. The fourth-order valence-electron chi connectivity index (χ4n) is 4.57. The van der Waals surface area contributed by atoms with Gasteiger partial charge in [0.25, 0.3) is 0 Å². The minimum absolute atomic E-state index is 0.0477. The van der Waals surface area contributed by atoms with Crippen LogP contribution in [0.15, 0.2) is 54.9 Å². The molecular weight excluding hydrogens is 464 g/mol. The Labute approximate surface area is 208 Å². The van der Waals surface area contributed by atoms with Gasteiger partial charge in [-0.3, -0.25) is 0 Å². The van der Waals surface area contributed by atoms with Crippen LogP contribution in [0.1, 0.15) is 55.8 Å². The van der Waals surface area contributed by atoms with Gasteiger partial charge in [-0.1, -0.05) is 37.4 Å². The number of benzene rings is 1. The average Bonchev–Trinajstić information content (AvgIpc) is 3.08. The number of aliphatic hydroxyl groups is 2. The van der Waals surface area contributed by atoms with Gasteiger partial charge in [-0.05, 0) is 61.7 Å². The number of rotatable bonds is 5. The normalized spacial score (nSPS) is 19.2. The second-order valence-electron chi connectivity index (χ2n) is 9.70. The van der Waals surface area contributed by atoms with Crippen molar-refractivity contribution in [3.05, 3.63) is 88.1 Å². The molecule has 4 rings (SSSR count). The summed E-state index contributed by atoms with van der Waals surface area (Å²) in [6, 6.07) is 12.0. The number of H-pyrrole nitrogens is 1. The number of fused-ring (bicyclic) bond motifs is 1. The zero-order valence-electron chi connectivity index (χ0n) is 20.4. The zero-order chi connectivity index (χ0) is 26.3. The summed E-state index contributed by atoms with van der Waals surface area (Å²) in [5.74, 6) is -0.134. The SMILES string of the molecule is C=c1ccc(-c2cnc(C(C)(C)O)nc2)cc(=C)c2c([nH]1)C(C)(O)CC2c1ccccc1OC(F)F. The molecule has 188 valence electrons. The number of nitrogens with zero attached hydrogens (tertiary/aromatic N) is 2. The van der Waals surface area contributed by atoms with Gasteiger partial charge in [0.2, 0.25) is 0 Å². The smallest absolute Gasteiger partial charge is 0.387 e. The molecule has 1 aromatic carbocycles. The van der Waals surface area contributed by atoms with Gasteiger partial charge >= 0.3 is 6.61 Å². The molecule has 6 nitrogen and oxygen atoms in total. The Balaban J connectivity index is 1.96. The Bertz CT molecular complexity index is 1430. The summed E-state index contributed by atoms with van der Waals surface area (Å²) in [4.78, 5) is 11.8. The second-order valence-corrected chi connectivity index (χ2v) is 9.70. The molecule has 1 aliphatic rings. The summed E-state index contributed by atoms with van der Waals surface area (Å²) in [5, 5.41) is 22.6. The zero-order valence-corrected chi connectivity index (χ0v) is 20.4. The third kappa shape index (κ3) is 5.15. The summed E-state index contributed by atoms with van der Waals surface area (Å²) < 4.78 is 31.1. The summed E-state index contributed by atoms with van der Waals surface area (Å²) in [6.07, 6.45) is 3.46. The van der Waals surface area contributed by atoms with E-state index in [0.29, 0.717) is 33.0 Å². The molecule has 8 heteroatoms. The third-order valence-corrected chi connectivity index (χ3v) is 6.23. The molecule has 0 spiro atoms. The number of hydrogen-bond acceptors (Lipinski definition) is 5. The predicted octanol–water partition coefficient (Wildman–Crippen LogP) is 3.99. The highest BCUT2D eigenvalue weighted by atomic mass is 19.3. The van der Waals surface area contributed by atoms with Crippen molar-refractivity contribution < 1.29 is 23.7 Å². The fraction of sp³-hybridized carbons (Fsp3) is 0.286. The van der Waals surface area contributed by atoms with E-state index in [1.165, 1.54) is 6.07 Å². The number of aromatic nitrogens is 3. The van der Waals surface area contributed by atoms with Crippen LogP contribution < -0.4 is 15.3 Å². The van der Waals surface area contributed by atoms with Crippen LogP contribution in [-0.2, 0) is 11.2 Å². The van der Waals surface area contributed by atoms with Crippen molar-refractivity contribution in [1.82, 2.24) is 15.0 Å². The van der Waals surface area contributed by atoms with Crippen LogP contribution in [0.5, 0.6) is 5.75 Å².